The number of aliphatic hydroxyl groups is 1. The van der Waals surface area contributed by atoms with Crippen molar-refractivity contribution in [3.8, 4) is 0 Å². The molecule has 1 N–H and O–H groups in total. The molecule has 0 aliphatic heterocycles. The first-order valence-corrected chi connectivity index (χ1v) is 6.18. The standard InChI is InChI=1S/C14H20FNO/c1-10-3-6-13(15)7-12(10)8-16(2)9-14(17)11-4-5-11/h3,6-7,11,14,17H,4-5,8-9H2,1-2H3. The molecule has 0 aromatic heterocycles. The van der Waals surface area contributed by atoms with Crippen LogP contribution in [0.1, 0.15) is 24.0 Å². The predicted molar refractivity (Wildman–Crippen MR) is 66.2 cm³/mol. The Hall–Kier alpha value is -0.930. The molecule has 3 heteroatoms. The van der Waals surface area contributed by atoms with E-state index in [1.165, 1.54) is 6.07 Å². The van der Waals surface area contributed by atoms with Crippen LogP contribution in [-0.4, -0.2) is 29.7 Å². The summed E-state index contributed by atoms with van der Waals surface area (Å²) in [5.74, 6) is 0.299. The van der Waals surface area contributed by atoms with Crippen molar-refractivity contribution in [1.29, 1.82) is 0 Å². The smallest absolute Gasteiger partial charge is 0.123 e. The third-order valence-corrected chi connectivity index (χ3v) is 3.42. The summed E-state index contributed by atoms with van der Waals surface area (Å²) in [7, 11) is 1.97. The zero-order valence-electron chi connectivity index (χ0n) is 10.5. The van der Waals surface area contributed by atoms with Gasteiger partial charge in [-0.2, -0.15) is 0 Å². The number of halogens is 1. The lowest BCUT2D eigenvalue weighted by Crippen LogP contribution is -2.30. The fourth-order valence-electron chi connectivity index (χ4n) is 2.12. The molecule has 1 aromatic carbocycles. The zero-order valence-corrected chi connectivity index (χ0v) is 10.5. The Balaban J connectivity index is 1.92. The van der Waals surface area contributed by atoms with Crippen LogP contribution in [0.4, 0.5) is 4.39 Å². The topological polar surface area (TPSA) is 23.5 Å². The van der Waals surface area contributed by atoms with Crippen LogP contribution in [0.15, 0.2) is 18.2 Å². The van der Waals surface area contributed by atoms with E-state index in [9.17, 15) is 9.50 Å². The highest BCUT2D eigenvalue weighted by molar-refractivity contribution is 5.26. The van der Waals surface area contributed by atoms with E-state index in [0.717, 1.165) is 24.0 Å². The maximum Gasteiger partial charge on any atom is 0.123 e. The van der Waals surface area contributed by atoms with Crippen LogP contribution in [0.5, 0.6) is 0 Å². The number of aryl methyl sites for hydroxylation is 1. The monoisotopic (exact) mass is 237 g/mol. The highest BCUT2D eigenvalue weighted by Crippen LogP contribution is 2.32. The van der Waals surface area contributed by atoms with Crippen molar-refractivity contribution in [3.63, 3.8) is 0 Å². The van der Waals surface area contributed by atoms with Gasteiger partial charge < -0.3 is 5.11 Å². The molecule has 0 heterocycles. The lowest BCUT2D eigenvalue weighted by atomic mass is 10.1. The van der Waals surface area contributed by atoms with Crippen LogP contribution in [0.25, 0.3) is 0 Å². The number of hydrogen-bond donors (Lipinski definition) is 1. The van der Waals surface area contributed by atoms with Crippen LogP contribution in [0.3, 0.4) is 0 Å². The third kappa shape index (κ3) is 3.51. The van der Waals surface area contributed by atoms with Gasteiger partial charge in [0.1, 0.15) is 5.82 Å². The largest absolute Gasteiger partial charge is 0.392 e. The predicted octanol–water partition coefficient (Wildman–Crippen LogP) is 2.34. The number of hydrogen-bond acceptors (Lipinski definition) is 2. The maximum atomic E-state index is 13.1. The van der Waals surface area contributed by atoms with Gasteiger partial charge in [0.25, 0.3) is 0 Å². The van der Waals surface area contributed by atoms with Crippen LogP contribution in [-0.2, 0) is 6.54 Å². The first-order chi connectivity index (χ1) is 8.06. The molecule has 1 aromatic rings. The molecule has 1 saturated carbocycles. The SMILES string of the molecule is Cc1ccc(F)cc1CN(C)CC(O)C1CC1. The van der Waals surface area contributed by atoms with Gasteiger partial charge in [-0.1, -0.05) is 6.07 Å². The number of benzene rings is 1. The normalized spacial score (nSPS) is 17.5. The fourth-order valence-corrected chi connectivity index (χ4v) is 2.12. The minimum absolute atomic E-state index is 0.193. The Kier molecular flexibility index (Phi) is 3.79. The summed E-state index contributed by atoms with van der Waals surface area (Å²) in [4.78, 5) is 2.06. The molecule has 2 nitrogen and oxygen atoms in total. The molecule has 0 bridgehead atoms. The summed E-state index contributed by atoms with van der Waals surface area (Å²) in [5, 5.41) is 9.85. The molecule has 1 fully saturated rings. The summed E-state index contributed by atoms with van der Waals surface area (Å²) in [5.41, 5.74) is 2.09. The van der Waals surface area contributed by atoms with Gasteiger partial charge in [0, 0.05) is 13.1 Å². The maximum absolute atomic E-state index is 13.1. The number of nitrogens with zero attached hydrogens (tertiary/aromatic N) is 1. The van der Waals surface area contributed by atoms with Crippen LogP contribution in [0, 0.1) is 18.7 Å². The van der Waals surface area contributed by atoms with E-state index < -0.39 is 0 Å². The average molecular weight is 237 g/mol. The fraction of sp³-hybridized carbons (Fsp3) is 0.571. The van der Waals surface area contributed by atoms with E-state index >= 15 is 0 Å². The second-order valence-electron chi connectivity index (χ2n) is 5.17. The molecule has 0 saturated heterocycles. The summed E-state index contributed by atoms with van der Waals surface area (Å²) in [6.45, 7) is 3.34. The van der Waals surface area contributed by atoms with Crippen molar-refractivity contribution in [2.45, 2.75) is 32.4 Å². The molecule has 0 radical (unpaired) electrons. The van der Waals surface area contributed by atoms with Crippen LogP contribution >= 0.6 is 0 Å². The second kappa shape index (κ2) is 5.15. The lowest BCUT2D eigenvalue weighted by Gasteiger charge is -2.21. The summed E-state index contributed by atoms with van der Waals surface area (Å²) in [6.07, 6.45) is 2.07. The molecular weight excluding hydrogens is 217 g/mol. The van der Waals surface area contributed by atoms with E-state index in [1.807, 2.05) is 14.0 Å². The van der Waals surface area contributed by atoms with Crippen molar-refractivity contribution in [2.24, 2.45) is 5.92 Å². The van der Waals surface area contributed by atoms with E-state index in [-0.39, 0.29) is 11.9 Å². The van der Waals surface area contributed by atoms with Crippen molar-refractivity contribution in [3.05, 3.63) is 35.1 Å². The minimum Gasteiger partial charge on any atom is -0.392 e. The first-order valence-electron chi connectivity index (χ1n) is 6.18. The first kappa shape index (κ1) is 12.5. The van der Waals surface area contributed by atoms with Crippen molar-refractivity contribution >= 4 is 0 Å². The molecule has 0 spiro atoms. The molecule has 94 valence electrons. The van der Waals surface area contributed by atoms with E-state index in [2.05, 4.69) is 4.90 Å². The number of rotatable bonds is 5. The number of likely N-dealkylation sites (N-methyl/N-ethyl adjacent to an activating group) is 1. The number of aliphatic hydroxyl groups excluding tert-OH is 1. The van der Waals surface area contributed by atoms with Crippen LogP contribution < -0.4 is 0 Å². The van der Waals surface area contributed by atoms with Crippen molar-refractivity contribution < 1.29 is 9.50 Å². The molecule has 2 rings (SSSR count). The lowest BCUT2D eigenvalue weighted by molar-refractivity contribution is 0.104. The summed E-state index contributed by atoms with van der Waals surface area (Å²) < 4.78 is 13.1. The Labute approximate surface area is 102 Å². The van der Waals surface area contributed by atoms with Gasteiger partial charge in [-0.25, -0.2) is 4.39 Å². The second-order valence-corrected chi connectivity index (χ2v) is 5.17. The Morgan fingerprint density at radius 2 is 2.18 bits per heavy atom. The van der Waals surface area contributed by atoms with Crippen LogP contribution in [0.2, 0.25) is 0 Å². The van der Waals surface area contributed by atoms with E-state index in [1.54, 1.807) is 12.1 Å². The Morgan fingerprint density at radius 1 is 1.47 bits per heavy atom. The van der Waals surface area contributed by atoms with Gasteiger partial charge in [0.15, 0.2) is 0 Å². The quantitative estimate of drug-likeness (QED) is 0.849. The molecule has 1 aliphatic carbocycles. The summed E-state index contributed by atoms with van der Waals surface area (Å²) in [6, 6.07) is 4.86. The van der Waals surface area contributed by atoms with E-state index in [4.69, 9.17) is 0 Å². The Morgan fingerprint density at radius 3 is 2.82 bits per heavy atom. The molecule has 1 unspecified atom stereocenters. The molecule has 17 heavy (non-hydrogen) atoms. The average Bonchev–Trinajstić information content (AvgIpc) is 3.06. The van der Waals surface area contributed by atoms with Gasteiger partial charge in [-0.3, -0.25) is 4.90 Å². The van der Waals surface area contributed by atoms with Gasteiger partial charge >= 0.3 is 0 Å². The molecule has 1 aliphatic rings. The Bertz CT molecular complexity index is 390. The minimum atomic E-state index is -0.228. The highest BCUT2D eigenvalue weighted by atomic mass is 19.1. The van der Waals surface area contributed by atoms with E-state index in [0.29, 0.717) is 19.0 Å². The van der Waals surface area contributed by atoms with Gasteiger partial charge in [0.2, 0.25) is 0 Å². The molecule has 0 amide bonds. The third-order valence-electron chi connectivity index (χ3n) is 3.42. The van der Waals surface area contributed by atoms with Gasteiger partial charge in [0.05, 0.1) is 6.10 Å². The molecular formula is C14H20FNO. The zero-order chi connectivity index (χ0) is 12.4. The van der Waals surface area contributed by atoms with Crippen molar-refractivity contribution in [1.82, 2.24) is 4.90 Å². The van der Waals surface area contributed by atoms with Gasteiger partial charge in [-0.15, -0.1) is 0 Å². The highest BCUT2D eigenvalue weighted by Gasteiger charge is 2.30. The molecule has 1 atom stereocenters. The summed E-state index contributed by atoms with van der Waals surface area (Å²) >= 11 is 0. The van der Waals surface area contributed by atoms with Crippen molar-refractivity contribution in [2.75, 3.05) is 13.6 Å². The van der Waals surface area contributed by atoms with Gasteiger partial charge in [-0.05, 0) is 56.0 Å².